The Hall–Kier alpha value is -3.15. The summed E-state index contributed by atoms with van der Waals surface area (Å²) in [5.41, 5.74) is 6.93. The van der Waals surface area contributed by atoms with Gasteiger partial charge in [0.1, 0.15) is 0 Å². The molecule has 6 nitrogen and oxygen atoms in total. The normalized spacial score (nSPS) is 10.8. The van der Waals surface area contributed by atoms with Crippen LogP contribution in [0.4, 0.5) is 0 Å². The first-order chi connectivity index (χ1) is 10.7. The molecule has 1 heterocycles. The molecule has 2 rings (SSSR count). The van der Waals surface area contributed by atoms with Crippen LogP contribution in [0.3, 0.4) is 0 Å². The van der Waals surface area contributed by atoms with E-state index in [0.29, 0.717) is 11.3 Å². The average molecular weight is 296 g/mol. The van der Waals surface area contributed by atoms with Crippen LogP contribution < -0.4 is 16.0 Å². The summed E-state index contributed by atoms with van der Waals surface area (Å²) in [6.45, 7) is 0. The number of hydrogen-bond acceptors (Lipinski definition) is 5. The Kier molecular flexibility index (Phi) is 5.25. The smallest absolute Gasteiger partial charge is 0.269 e. The van der Waals surface area contributed by atoms with Gasteiger partial charge in [0.15, 0.2) is 0 Å². The molecule has 1 aromatic heterocycles. The predicted octanol–water partition coefficient (Wildman–Crippen LogP) is 0.497. The second-order valence-electron chi connectivity index (χ2n) is 4.37. The van der Waals surface area contributed by atoms with E-state index < -0.39 is 5.97 Å². The maximum Gasteiger partial charge on any atom is 0.269 e. The summed E-state index contributed by atoms with van der Waals surface area (Å²) in [7, 11) is 0. The average Bonchev–Trinajstić information content (AvgIpc) is 2.56. The van der Waals surface area contributed by atoms with Crippen LogP contribution in [0.15, 0.2) is 60.9 Å². The molecule has 0 unspecified atom stereocenters. The third kappa shape index (κ3) is 4.45. The van der Waals surface area contributed by atoms with Crippen LogP contribution in [-0.2, 0) is 4.79 Å². The summed E-state index contributed by atoms with van der Waals surface area (Å²) in [5, 5.41) is 10.6. The van der Waals surface area contributed by atoms with Crippen molar-refractivity contribution < 1.29 is 14.7 Å². The fraction of sp³-hybridized carbons (Fsp3) is 0.0625. The number of carbonyl (C=O) groups is 2. The zero-order valence-electron chi connectivity index (χ0n) is 11.7. The van der Waals surface area contributed by atoms with Crippen LogP contribution >= 0.6 is 0 Å². The van der Waals surface area contributed by atoms with E-state index in [2.05, 4.69) is 15.8 Å². The standard InChI is InChI=1S/C16H15N3O3/c20-15(21)7-6-14(12-4-2-1-3-5-12)18-19-16(22)13-8-10-17-11-9-13/h1-6,8-11,18H,7H2,(H,19,22)(H,20,21)/p-1. The minimum Gasteiger partial charge on any atom is -0.550 e. The number of hydrazine groups is 1. The summed E-state index contributed by atoms with van der Waals surface area (Å²) in [6, 6.07) is 12.2. The largest absolute Gasteiger partial charge is 0.550 e. The SMILES string of the molecule is O=C([O-])CC=C(NNC(=O)c1ccncc1)c1ccccc1. The number of nitrogens with zero attached hydrogens (tertiary/aromatic N) is 1. The molecule has 112 valence electrons. The van der Waals surface area contributed by atoms with E-state index >= 15 is 0 Å². The van der Waals surface area contributed by atoms with Crippen molar-refractivity contribution in [1.82, 2.24) is 15.8 Å². The second kappa shape index (κ2) is 7.58. The molecule has 0 atom stereocenters. The summed E-state index contributed by atoms with van der Waals surface area (Å²) in [4.78, 5) is 26.4. The van der Waals surface area contributed by atoms with Gasteiger partial charge >= 0.3 is 0 Å². The number of nitrogens with one attached hydrogen (secondary N) is 2. The number of hydrogen-bond donors (Lipinski definition) is 2. The lowest BCUT2D eigenvalue weighted by Gasteiger charge is -2.13. The van der Waals surface area contributed by atoms with Gasteiger partial charge in [0.25, 0.3) is 5.91 Å². The lowest BCUT2D eigenvalue weighted by molar-refractivity contribution is -0.304. The monoisotopic (exact) mass is 296 g/mol. The first-order valence-corrected chi connectivity index (χ1v) is 6.58. The molecule has 0 radical (unpaired) electrons. The Morgan fingerprint density at radius 2 is 1.68 bits per heavy atom. The van der Waals surface area contributed by atoms with E-state index in [-0.39, 0.29) is 12.3 Å². The molecule has 0 spiro atoms. The molecule has 2 aromatic rings. The summed E-state index contributed by atoms with van der Waals surface area (Å²) in [5.74, 6) is -1.55. The van der Waals surface area contributed by atoms with E-state index in [4.69, 9.17) is 0 Å². The molecule has 0 aliphatic rings. The van der Waals surface area contributed by atoms with E-state index in [1.54, 1.807) is 24.3 Å². The molecule has 2 N–H and O–H groups in total. The van der Waals surface area contributed by atoms with Crippen LogP contribution in [0.1, 0.15) is 22.3 Å². The van der Waals surface area contributed by atoms with E-state index in [1.807, 2.05) is 18.2 Å². The van der Waals surface area contributed by atoms with Crippen molar-refractivity contribution in [2.75, 3.05) is 0 Å². The minimum atomic E-state index is -1.20. The fourth-order valence-electron chi connectivity index (χ4n) is 1.74. The van der Waals surface area contributed by atoms with Gasteiger partial charge < -0.3 is 9.90 Å². The lowest BCUT2D eigenvalue weighted by atomic mass is 10.1. The van der Waals surface area contributed by atoms with Gasteiger partial charge in [-0.1, -0.05) is 36.4 Å². The Labute approximate surface area is 127 Å². The number of aromatic nitrogens is 1. The molecule has 6 heteroatoms. The number of amides is 1. The molecule has 0 saturated heterocycles. The molecule has 0 bridgehead atoms. The molecular formula is C16H14N3O3-. The molecule has 0 aliphatic carbocycles. The highest BCUT2D eigenvalue weighted by Crippen LogP contribution is 2.11. The highest BCUT2D eigenvalue weighted by Gasteiger charge is 2.06. The Balaban J connectivity index is 2.09. The Morgan fingerprint density at radius 3 is 2.32 bits per heavy atom. The van der Waals surface area contributed by atoms with E-state index in [1.165, 1.54) is 18.5 Å². The first kappa shape index (κ1) is 15.2. The number of carboxylic acids is 1. The highest BCUT2D eigenvalue weighted by molar-refractivity contribution is 5.94. The van der Waals surface area contributed by atoms with E-state index in [9.17, 15) is 14.7 Å². The zero-order valence-corrected chi connectivity index (χ0v) is 11.7. The van der Waals surface area contributed by atoms with Crippen molar-refractivity contribution >= 4 is 17.6 Å². The van der Waals surface area contributed by atoms with Crippen LogP contribution in [0.2, 0.25) is 0 Å². The fourth-order valence-corrected chi connectivity index (χ4v) is 1.74. The van der Waals surface area contributed by atoms with Crippen molar-refractivity contribution in [3.63, 3.8) is 0 Å². The van der Waals surface area contributed by atoms with Crippen molar-refractivity contribution in [2.24, 2.45) is 0 Å². The van der Waals surface area contributed by atoms with Crippen LogP contribution in [0.5, 0.6) is 0 Å². The summed E-state index contributed by atoms with van der Waals surface area (Å²) in [6.07, 6.45) is 4.21. The maximum atomic E-state index is 12.0. The van der Waals surface area contributed by atoms with Gasteiger partial charge in [0.2, 0.25) is 0 Å². The number of carbonyl (C=O) groups excluding carboxylic acids is 2. The molecule has 22 heavy (non-hydrogen) atoms. The summed E-state index contributed by atoms with van der Waals surface area (Å²) >= 11 is 0. The van der Waals surface area contributed by atoms with Crippen LogP contribution in [0.25, 0.3) is 5.70 Å². The number of benzene rings is 1. The van der Waals surface area contributed by atoms with Gasteiger partial charge in [-0.2, -0.15) is 0 Å². The zero-order chi connectivity index (χ0) is 15.8. The molecule has 1 aromatic carbocycles. The van der Waals surface area contributed by atoms with Gasteiger partial charge in [-0.15, -0.1) is 0 Å². The highest BCUT2D eigenvalue weighted by atomic mass is 16.4. The number of rotatable bonds is 6. The number of carboxylic acid groups (broad SMARTS) is 1. The molecular weight excluding hydrogens is 282 g/mol. The Morgan fingerprint density at radius 1 is 1.00 bits per heavy atom. The molecule has 0 aliphatic heterocycles. The molecule has 0 saturated carbocycles. The quantitative estimate of drug-likeness (QED) is 0.757. The van der Waals surface area contributed by atoms with Crippen LogP contribution in [-0.4, -0.2) is 16.9 Å². The third-order valence-electron chi connectivity index (χ3n) is 2.81. The van der Waals surface area contributed by atoms with Gasteiger partial charge in [-0.05, 0) is 17.7 Å². The minimum absolute atomic E-state index is 0.262. The number of aliphatic carboxylic acids is 1. The molecule has 1 amide bonds. The predicted molar refractivity (Wildman–Crippen MR) is 78.9 cm³/mol. The third-order valence-corrected chi connectivity index (χ3v) is 2.81. The van der Waals surface area contributed by atoms with Crippen molar-refractivity contribution in [2.45, 2.75) is 6.42 Å². The van der Waals surface area contributed by atoms with Crippen molar-refractivity contribution in [3.05, 3.63) is 72.1 Å². The first-order valence-electron chi connectivity index (χ1n) is 6.58. The van der Waals surface area contributed by atoms with Crippen LogP contribution in [0, 0.1) is 0 Å². The molecule has 0 fully saturated rings. The van der Waals surface area contributed by atoms with Gasteiger partial charge in [-0.25, -0.2) is 0 Å². The van der Waals surface area contributed by atoms with Gasteiger partial charge in [-0.3, -0.25) is 20.6 Å². The van der Waals surface area contributed by atoms with Gasteiger partial charge in [0, 0.05) is 30.3 Å². The summed E-state index contributed by atoms with van der Waals surface area (Å²) < 4.78 is 0. The Bertz CT molecular complexity index is 670. The second-order valence-corrected chi connectivity index (χ2v) is 4.37. The lowest BCUT2D eigenvalue weighted by Crippen LogP contribution is -2.36. The number of pyridine rings is 1. The van der Waals surface area contributed by atoms with Crippen molar-refractivity contribution in [1.29, 1.82) is 0 Å². The van der Waals surface area contributed by atoms with Gasteiger partial charge in [0.05, 0.1) is 5.70 Å². The van der Waals surface area contributed by atoms with Crippen molar-refractivity contribution in [3.8, 4) is 0 Å². The topological polar surface area (TPSA) is 94.1 Å². The van der Waals surface area contributed by atoms with E-state index in [0.717, 1.165) is 5.56 Å². The maximum absolute atomic E-state index is 12.0.